The summed E-state index contributed by atoms with van der Waals surface area (Å²) in [6.07, 6.45) is 1.72. The minimum Gasteiger partial charge on any atom is -0.382 e. The highest BCUT2D eigenvalue weighted by Crippen LogP contribution is 2.46. The first kappa shape index (κ1) is 13.9. The monoisotopic (exact) mass is 287 g/mol. The molecule has 0 aliphatic carbocycles. The summed E-state index contributed by atoms with van der Waals surface area (Å²) in [4.78, 5) is 30.3. The van der Waals surface area contributed by atoms with Gasteiger partial charge in [-0.05, 0) is 6.92 Å². The lowest BCUT2D eigenvalue weighted by atomic mass is 10.4. The average Bonchev–Trinajstić information content (AvgIpc) is 2.74. The van der Waals surface area contributed by atoms with Crippen LogP contribution in [0.15, 0.2) is 12.7 Å². The molecule has 0 aliphatic rings. The van der Waals surface area contributed by atoms with Crippen LogP contribution in [0.4, 0.5) is 5.82 Å². The van der Waals surface area contributed by atoms with E-state index in [9.17, 15) is 14.4 Å². The highest BCUT2D eigenvalue weighted by molar-refractivity contribution is 7.52. The minimum atomic E-state index is -4.31. The first-order valence-corrected chi connectivity index (χ1v) is 7.05. The second-order valence-electron chi connectivity index (χ2n) is 4.04. The fourth-order valence-electron chi connectivity index (χ4n) is 1.77. The summed E-state index contributed by atoms with van der Waals surface area (Å²) in [6, 6.07) is 0. The van der Waals surface area contributed by atoms with Crippen LogP contribution in [0.3, 0.4) is 0 Å². The SMILES string of the molecule is COC(C(C)P(=O)(O)O)n1cnc2c(N)ncnc21. The summed E-state index contributed by atoms with van der Waals surface area (Å²) in [7, 11) is -2.95. The van der Waals surface area contributed by atoms with Crippen molar-refractivity contribution < 1.29 is 19.1 Å². The molecule has 4 N–H and O–H groups in total. The van der Waals surface area contributed by atoms with Crippen molar-refractivity contribution in [2.45, 2.75) is 18.8 Å². The van der Waals surface area contributed by atoms with E-state index in [1.54, 1.807) is 0 Å². The molecule has 9 nitrogen and oxygen atoms in total. The maximum Gasteiger partial charge on any atom is 0.332 e. The summed E-state index contributed by atoms with van der Waals surface area (Å²) in [6.45, 7) is 1.39. The van der Waals surface area contributed by atoms with E-state index in [0.717, 1.165) is 0 Å². The molecule has 2 unspecified atom stereocenters. The lowest BCUT2D eigenvalue weighted by Crippen LogP contribution is -2.23. The first-order valence-electron chi connectivity index (χ1n) is 5.37. The van der Waals surface area contributed by atoms with E-state index in [2.05, 4.69) is 15.0 Å². The number of hydrogen-bond acceptors (Lipinski definition) is 6. The van der Waals surface area contributed by atoms with Gasteiger partial charge in [0.1, 0.15) is 23.7 Å². The number of nitrogens with zero attached hydrogens (tertiary/aromatic N) is 4. The standard InChI is InChI=1S/C9H14N5O4P/c1-5(19(15,16)17)9(18-2)14-4-13-6-7(10)11-3-12-8(6)14/h3-5,9H,1-2H3,(H2,10,11,12)(H2,15,16,17). The Labute approximate surface area is 108 Å². The number of nitrogens with two attached hydrogens (primary N) is 1. The number of fused-ring (bicyclic) bond motifs is 1. The van der Waals surface area contributed by atoms with Gasteiger partial charge in [0.2, 0.25) is 0 Å². The van der Waals surface area contributed by atoms with Crippen LogP contribution in [-0.2, 0) is 9.30 Å². The van der Waals surface area contributed by atoms with E-state index < -0.39 is 19.5 Å². The second-order valence-corrected chi connectivity index (χ2v) is 6.03. The summed E-state index contributed by atoms with van der Waals surface area (Å²) >= 11 is 0. The van der Waals surface area contributed by atoms with Crippen molar-refractivity contribution >= 4 is 24.6 Å². The van der Waals surface area contributed by atoms with E-state index in [0.29, 0.717) is 11.2 Å². The normalized spacial score (nSPS) is 15.6. The lowest BCUT2D eigenvalue weighted by molar-refractivity contribution is 0.0409. The fraction of sp³-hybridized carbons (Fsp3) is 0.444. The van der Waals surface area contributed by atoms with Crippen molar-refractivity contribution in [3.05, 3.63) is 12.7 Å². The molecule has 0 radical (unpaired) electrons. The largest absolute Gasteiger partial charge is 0.382 e. The Morgan fingerprint density at radius 2 is 2.11 bits per heavy atom. The Kier molecular flexibility index (Phi) is 3.55. The van der Waals surface area contributed by atoms with Crippen molar-refractivity contribution in [2.24, 2.45) is 0 Å². The second kappa shape index (κ2) is 4.86. The van der Waals surface area contributed by atoms with Gasteiger partial charge in [-0.3, -0.25) is 9.13 Å². The zero-order chi connectivity index (χ0) is 14.2. The third kappa shape index (κ3) is 2.45. The lowest BCUT2D eigenvalue weighted by Gasteiger charge is -2.24. The smallest absolute Gasteiger partial charge is 0.332 e. The predicted molar refractivity (Wildman–Crippen MR) is 67.3 cm³/mol. The van der Waals surface area contributed by atoms with Gasteiger partial charge in [0, 0.05) is 7.11 Å². The van der Waals surface area contributed by atoms with E-state index in [4.69, 9.17) is 10.5 Å². The van der Waals surface area contributed by atoms with E-state index in [1.165, 1.54) is 31.3 Å². The first-order chi connectivity index (χ1) is 8.86. The molecule has 0 bridgehead atoms. The van der Waals surface area contributed by atoms with E-state index >= 15 is 0 Å². The summed E-state index contributed by atoms with van der Waals surface area (Å²) in [5.41, 5.74) is 5.33. The van der Waals surface area contributed by atoms with Crippen molar-refractivity contribution in [3.63, 3.8) is 0 Å². The Bertz CT molecular complexity index is 639. The Morgan fingerprint density at radius 3 is 2.68 bits per heavy atom. The number of methoxy groups -OCH3 is 1. The van der Waals surface area contributed by atoms with Gasteiger partial charge in [-0.15, -0.1) is 0 Å². The molecular formula is C9H14N5O4P. The molecule has 2 rings (SSSR count). The predicted octanol–water partition coefficient (Wildman–Crippen LogP) is 0.120. The van der Waals surface area contributed by atoms with Crippen LogP contribution in [0.5, 0.6) is 0 Å². The van der Waals surface area contributed by atoms with Gasteiger partial charge in [-0.25, -0.2) is 15.0 Å². The van der Waals surface area contributed by atoms with Crippen LogP contribution >= 0.6 is 7.60 Å². The number of aromatic nitrogens is 4. The number of hydrogen-bond donors (Lipinski definition) is 3. The molecule has 10 heteroatoms. The third-order valence-electron chi connectivity index (χ3n) is 2.85. The van der Waals surface area contributed by atoms with Gasteiger partial charge in [0.25, 0.3) is 0 Å². The van der Waals surface area contributed by atoms with Gasteiger partial charge < -0.3 is 20.3 Å². The summed E-state index contributed by atoms with van der Waals surface area (Å²) in [5.74, 6) is 0.197. The quantitative estimate of drug-likeness (QED) is 0.674. The molecule has 0 aromatic carbocycles. The van der Waals surface area contributed by atoms with Gasteiger partial charge in [0.15, 0.2) is 11.5 Å². The molecule has 2 aromatic heterocycles. The zero-order valence-corrected chi connectivity index (χ0v) is 11.2. The van der Waals surface area contributed by atoms with Crippen LogP contribution < -0.4 is 5.73 Å². The van der Waals surface area contributed by atoms with Crippen LogP contribution in [0.1, 0.15) is 13.2 Å². The number of ether oxygens (including phenoxy) is 1. The van der Waals surface area contributed by atoms with E-state index in [-0.39, 0.29) is 5.82 Å². The molecule has 2 atom stereocenters. The molecule has 0 fully saturated rings. The van der Waals surface area contributed by atoms with E-state index in [1.807, 2.05) is 0 Å². The molecule has 19 heavy (non-hydrogen) atoms. The maximum atomic E-state index is 11.4. The number of anilines is 1. The number of imidazole rings is 1. The van der Waals surface area contributed by atoms with Gasteiger partial charge in [-0.1, -0.05) is 0 Å². The van der Waals surface area contributed by atoms with Crippen LogP contribution in [0, 0.1) is 0 Å². The molecule has 0 saturated carbocycles. The Hall–Kier alpha value is -1.54. The number of rotatable bonds is 4. The van der Waals surface area contributed by atoms with Crippen molar-refractivity contribution in [3.8, 4) is 0 Å². The molecule has 0 saturated heterocycles. The summed E-state index contributed by atoms with van der Waals surface area (Å²) < 4.78 is 17.9. The topological polar surface area (TPSA) is 136 Å². The zero-order valence-electron chi connectivity index (χ0n) is 10.3. The molecule has 2 aromatic rings. The van der Waals surface area contributed by atoms with Gasteiger partial charge in [-0.2, -0.15) is 0 Å². The fourth-order valence-corrected chi connectivity index (χ4v) is 2.36. The summed E-state index contributed by atoms with van der Waals surface area (Å²) in [5, 5.41) is 0. The van der Waals surface area contributed by atoms with Crippen LogP contribution in [-0.4, -0.2) is 42.1 Å². The minimum absolute atomic E-state index is 0.197. The highest BCUT2D eigenvalue weighted by atomic mass is 31.2. The maximum absolute atomic E-state index is 11.4. The molecule has 0 spiro atoms. The molecule has 2 heterocycles. The molecular weight excluding hydrogens is 273 g/mol. The Balaban J connectivity index is 2.53. The number of nitrogen functional groups attached to an aromatic ring is 1. The van der Waals surface area contributed by atoms with Crippen LogP contribution in [0.2, 0.25) is 0 Å². The van der Waals surface area contributed by atoms with Crippen LogP contribution in [0.25, 0.3) is 11.2 Å². The van der Waals surface area contributed by atoms with Gasteiger partial charge >= 0.3 is 7.60 Å². The van der Waals surface area contributed by atoms with Crippen molar-refractivity contribution in [1.29, 1.82) is 0 Å². The third-order valence-corrected chi connectivity index (χ3v) is 4.16. The molecule has 0 aliphatic heterocycles. The molecule has 0 amide bonds. The van der Waals surface area contributed by atoms with Gasteiger partial charge in [0.05, 0.1) is 6.33 Å². The highest BCUT2D eigenvalue weighted by Gasteiger charge is 2.34. The van der Waals surface area contributed by atoms with Crippen molar-refractivity contribution in [2.75, 3.05) is 12.8 Å². The molecule has 104 valence electrons. The Morgan fingerprint density at radius 1 is 1.42 bits per heavy atom. The van der Waals surface area contributed by atoms with Crippen molar-refractivity contribution in [1.82, 2.24) is 19.5 Å². The average molecular weight is 287 g/mol.